The second-order valence-corrected chi connectivity index (χ2v) is 7.03. The molecule has 1 aromatic carbocycles. The van der Waals surface area contributed by atoms with Gasteiger partial charge in [-0.3, -0.25) is 9.78 Å². The van der Waals surface area contributed by atoms with Gasteiger partial charge in [0, 0.05) is 36.6 Å². The molecule has 0 aliphatic carbocycles. The Bertz CT molecular complexity index is 989. The highest BCUT2D eigenvalue weighted by atomic mass is 32.2. The number of pyridine rings is 1. The van der Waals surface area contributed by atoms with Crippen LogP contribution in [0.5, 0.6) is 0 Å². The zero-order chi connectivity index (χ0) is 16.6. The van der Waals surface area contributed by atoms with Crippen LogP contribution in [0.3, 0.4) is 0 Å². The Kier molecular flexibility index (Phi) is 3.65. The fraction of sp³-hybridized carbons (Fsp3) is 0.125. The van der Waals surface area contributed by atoms with Crippen LogP contribution >= 0.6 is 0 Å². The van der Waals surface area contributed by atoms with Crippen LogP contribution in [0.2, 0.25) is 0 Å². The van der Waals surface area contributed by atoms with Crippen molar-refractivity contribution in [3.63, 3.8) is 0 Å². The van der Waals surface area contributed by atoms with E-state index in [9.17, 15) is 13.2 Å². The van der Waals surface area contributed by atoms with Crippen LogP contribution < -0.4 is 5.32 Å². The maximum absolute atomic E-state index is 12.8. The molecule has 0 unspecified atom stereocenters. The maximum Gasteiger partial charge on any atom is 0.268 e. The lowest BCUT2D eigenvalue weighted by Crippen LogP contribution is -2.12. The number of nitrogens with zero attached hydrogens (tertiary/aromatic N) is 2. The molecule has 6 nitrogen and oxygen atoms in total. The molecule has 0 fully saturated rings. The van der Waals surface area contributed by atoms with Crippen molar-refractivity contribution in [1.29, 1.82) is 0 Å². The molecule has 0 bridgehead atoms. The predicted molar refractivity (Wildman–Crippen MR) is 87.8 cm³/mol. The van der Waals surface area contributed by atoms with Crippen LogP contribution in [-0.4, -0.2) is 23.3 Å². The molecule has 0 atom stereocenters. The Labute approximate surface area is 133 Å². The first kappa shape index (κ1) is 15.2. The van der Waals surface area contributed by atoms with Gasteiger partial charge in [-0.2, -0.15) is 0 Å². The number of benzene rings is 1. The summed E-state index contributed by atoms with van der Waals surface area (Å²) < 4.78 is 27.0. The first-order chi connectivity index (χ1) is 10.9. The molecule has 0 aliphatic rings. The van der Waals surface area contributed by atoms with Crippen molar-refractivity contribution in [3.05, 3.63) is 54.5 Å². The quantitative estimate of drug-likeness (QED) is 0.800. The van der Waals surface area contributed by atoms with E-state index in [2.05, 4.69) is 10.3 Å². The van der Waals surface area contributed by atoms with Crippen LogP contribution in [0.4, 0.5) is 5.69 Å². The molecule has 2 heterocycles. The van der Waals surface area contributed by atoms with Crippen molar-refractivity contribution in [3.8, 4) is 0 Å². The lowest BCUT2D eigenvalue weighted by molar-refractivity contribution is -0.114. The molecular weight excluding hydrogens is 314 g/mol. The summed E-state index contributed by atoms with van der Waals surface area (Å²) in [6, 6.07) is 7.75. The fourth-order valence-electron chi connectivity index (χ4n) is 2.42. The van der Waals surface area contributed by atoms with Crippen LogP contribution in [0, 0.1) is 6.92 Å². The topological polar surface area (TPSA) is 81.1 Å². The van der Waals surface area contributed by atoms with Gasteiger partial charge in [-0.1, -0.05) is 0 Å². The largest absolute Gasteiger partial charge is 0.326 e. The van der Waals surface area contributed by atoms with Gasteiger partial charge in [0.05, 0.1) is 10.4 Å². The van der Waals surface area contributed by atoms with Gasteiger partial charge in [-0.25, -0.2) is 12.4 Å². The van der Waals surface area contributed by atoms with Gasteiger partial charge in [0.1, 0.15) is 0 Å². The SMILES string of the molecule is CC(=O)Nc1ccc(S(=O)(=O)n2cc(C)c3cnccc32)cc1. The molecule has 118 valence electrons. The van der Waals surface area contributed by atoms with Crippen molar-refractivity contribution in [2.45, 2.75) is 18.7 Å². The highest BCUT2D eigenvalue weighted by molar-refractivity contribution is 7.90. The summed E-state index contributed by atoms with van der Waals surface area (Å²) in [5.74, 6) is -0.208. The van der Waals surface area contributed by atoms with Crippen molar-refractivity contribution < 1.29 is 13.2 Å². The van der Waals surface area contributed by atoms with E-state index >= 15 is 0 Å². The van der Waals surface area contributed by atoms with Gasteiger partial charge >= 0.3 is 0 Å². The molecule has 23 heavy (non-hydrogen) atoms. The maximum atomic E-state index is 12.8. The fourth-order valence-corrected chi connectivity index (χ4v) is 3.85. The Balaban J connectivity index is 2.09. The molecule has 2 aromatic heterocycles. The number of carbonyl (C=O) groups excluding carboxylic acids is 1. The number of fused-ring (bicyclic) bond motifs is 1. The number of carbonyl (C=O) groups is 1. The lowest BCUT2D eigenvalue weighted by Gasteiger charge is -2.08. The third kappa shape index (κ3) is 2.70. The third-order valence-electron chi connectivity index (χ3n) is 3.50. The van der Waals surface area contributed by atoms with Gasteiger partial charge in [0.2, 0.25) is 5.91 Å². The Morgan fingerprint density at radius 1 is 1.17 bits per heavy atom. The molecular formula is C16H15N3O3S. The number of anilines is 1. The smallest absolute Gasteiger partial charge is 0.268 e. The third-order valence-corrected chi connectivity index (χ3v) is 5.19. The van der Waals surface area contributed by atoms with Gasteiger partial charge < -0.3 is 5.32 Å². The average Bonchev–Trinajstić information content (AvgIpc) is 2.86. The molecule has 3 aromatic rings. The van der Waals surface area contributed by atoms with E-state index in [-0.39, 0.29) is 10.8 Å². The van der Waals surface area contributed by atoms with Gasteiger partial charge in [0.15, 0.2) is 0 Å². The molecule has 0 saturated heterocycles. The molecule has 1 N–H and O–H groups in total. The first-order valence-corrected chi connectivity index (χ1v) is 8.38. The standard InChI is InChI=1S/C16H15N3O3S/c1-11-10-19(16-7-8-17-9-15(11)16)23(21,22)14-5-3-13(4-6-14)18-12(2)20/h3-10H,1-2H3,(H,18,20). The Hall–Kier alpha value is -2.67. The van der Waals surface area contributed by atoms with Crippen molar-refractivity contribution >= 4 is 32.5 Å². The van der Waals surface area contributed by atoms with E-state index < -0.39 is 10.0 Å². The highest BCUT2D eigenvalue weighted by Gasteiger charge is 2.20. The van der Waals surface area contributed by atoms with E-state index in [1.807, 2.05) is 6.92 Å². The van der Waals surface area contributed by atoms with Crippen LogP contribution in [0.25, 0.3) is 10.9 Å². The van der Waals surface area contributed by atoms with E-state index in [1.165, 1.54) is 23.0 Å². The molecule has 3 rings (SSSR count). The Morgan fingerprint density at radius 3 is 2.52 bits per heavy atom. The van der Waals surface area contributed by atoms with Gasteiger partial charge in [-0.05, 0) is 42.8 Å². The molecule has 0 aliphatic heterocycles. The highest BCUT2D eigenvalue weighted by Crippen LogP contribution is 2.25. The lowest BCUT2D eigenvalue weighted by atomic mass is 10.2. The summed E-state index contributed by atoms with van der Waals surface area (Å²) in [5, 5.41) is 3.41. The average molecular weight is 329 g/mol. The summed E-state index contributed by atoms with van der Waals surface area (Å²) >= 11 is 0. The van der Waals surface area contributed by atoms with Crippen molar-refractivity contribution in [1.82, 2.24) is 8.96 Å². The zero-order valence-corrected chi connectivity index (χ0v) is 13.5. The number of aromatic nitrogens is 2. The summed E-state index contributed by atoms with van der Waals surface area (Å²) in [4.78, 5) is 15.2. The monoisotopic (exact) mass is 329 g/mol. The second kappa shape index (κ2) is 5.51. The van der Waals surface area contributed by atoms with Crippen LogP contribution in [0.15, 0.2) is 53.8 Å². The minimum Gasteiger partial charge on any atom is -0.326 e. The molecule has 0 radical (unpaired) electrons. The number of hydrogen-bond donors (Lipinski definition) is 1. The summed E-state index contributed by atoms with van der Waals surface area (Å²) in [5.41, 5.74) is 1.98. The minimum atomic E-state index is -3.71. The number of rotatable bonds is 3. The molecule has 7 heteroatoms. The summed E-state index contributed by atoms with van der Waals surface area (Å²) in [7, 11) is -3.71. The van der Waals surface area contributed by atoms with Crippen LogP contribution in [-0.2, 0) is 14.8 Å². The van der Waals surface area contributed by atoms with E-state index in [0.717, 1.165) is 10.9 Å². The van der Waals surface area contributed by atoms with Crippen molar-refractivity contribution in [2.75, 3.05) is 5.32 Å². The van der Waals surface area contributed by atoms with E-state index in [4.69, 9.17) is 0 Å². The molecule has 0 saturated carbocycles. The normalized spacial score (nSPS) is 11.6. The van der Waals surface area contributed by atoms with Crippen LogP contribution in [0.1, 0.15) is 12.5 Å². The number of amides is 1. The molecule has 0 spiro atoms. The van der Waals surface area contributed by atoms with Crippen molar-refractivity contribution in [2.24, 2.45) is 0 Å². The van der Waals surface area contributed by atoms with E-state index in [1.54, 1.807) is 36.8 Å². The number of nitrogens with one attached hydrogen (secondary N) is 1. The van der Waals surface area contributed by atoms with Gasteiger partial charge in [-0.15, -0.1) is 0 Å². The second-order valence-electron chi connectivity index (χ2n) is 5.21. The van der Waals surface area contributed by atoms with E-state index in [0.29, 0.717) is 11.2 Å². The Morgan fingerprint density at radius 2 is 1.87 bits per heavy atom. The number of hydrogen-bond acceptors (Lipinski definition) is 4. The van der Waals surface area contributed by atoms with Gasteiger partial charge in [0.25, 0.3) is 10.0 Å². The molecule has 1 amide bonds. The first-order valence-electron chi connectivity index (χ1n) is 6.94. The minimum absolute atomic E-state index is 0.153. The zero-order valence-electron chi connectivity index (χ0n) is 12.6. The predicted octanol–water partition coefficient (Wildman–Crippen LogP) is 2.54. The summed E-state index contributed by atoms with van der Waals surface area (Å²) in [6.07, 6.45) is 4.80. The summed E-state index contributed by atoms with van der Waals surface area (Å²) in [6.45, 7) is 3.24. The number of aryl methyl sites for hydroxylation is 1.